The number of nitrogens with one attached hydrogen (secondary N) is 2. The fourth-order valence-corrected chi connectivity index (χ4v) is 6.28. The molecule has 9 heteroatoms. The van der Waals surface area contributed by atoms with Crippen molar-refractivity contribution >= 4 is 34.8 Å². The Kier molecular flexibility index (Phi) is 12.4. The third-order valence-corrected chi connectivity index (χ3v) is 9.18. The molecule has 0 aliphatic carbocycles. The Labute approximate surface area is 300 Å². The number of rotatable bonds is 13. The minimum atomic E-state index is -0.0628. The van der Waals surface area contributed by atoms with E-state index in [1.165, 1.54) is 5.56 Å². The van der Waals surface area contributed by atoms with Crippen molar-refractivity contribution in [3.05, 3.63) is 125 Å². The normalized spacial score (nSPS) is 13.7. The number of hydrogen-bond acceptors (Lipinski definition) is 6. The second kappa shape index (κ2) is 17.9. The number of azo groups is 1. The number of amides is 3. The first-order chi connectivity index (χ1) is 25.0. The van der Waals surface area contributed by atoms with Gasteiger partial charge >= 0.3 is 0 Å². The number of aryl methyl sites for hydroxylation is 2. The first-order valence-corrected chi connectivity index (χ1v) is 17.9. The molecule has 0 saturated carbocycles. The van der Waals surface area contributed by atoms with Gasteiger partial charge in [0.1, 0.15) is 0 Å². The van der Waals surface area contributed by atoms with E-state index in [1.54, 1.807) is 4.90 Å². The molecular weight excluding hydrogens is 637 g/mol. The van der Waals surface area contributed by atoms with E-state index in [2.05, 4.69) is 32.7 Å². The standard InChI is InChI=1S/C42H44N6O3/c49-40(44-26-25-42(51)48-31-36-11-2-1-9-34(36)19-20-35-10-3-4-12-39(35)48)13-5-7-32-15-21-37(22-16-32)45-46-38-23-17-33(18-24-38)8-6-14-41(50)47-29-27-43-28-30-47/h1-4,9-12,15-18,21-24,43H,5-8,13-14,25-31H2,(H,44,49). The van der Waals surface area contributed by atoms with Crippen molar-refractivity contribution in [1.29, 1.82) is 0 Å². The van der Waals surface area contributed by atoms with Crippen LogP contribution in [0.1, 0.15) is 59.9 Å². The lowest BCUT2D eigenvalue weighted by molar-refractivity contribution is -0.131. The molecule has 1 saturated heterocycles. The van der Waals surface area contributed by atoms with E-state index in [0.717, 1.165) is 84.8 Å². The predicted molar refractivity (Wildman–Crippen MR) is 200 cm³/mol. The van der Waals surface area contributed by atoms with E-state index in [-0.39, 0.29) is 30.7 Å². The lowest BCUT2D eigenvalue weighted by atomic mass is 10.0. The number of hydrogen-bond donors (Lipinski definition) is 2. The van der Waals surface area contributed by atoms with Crippen LogP contribution in [0.4, 0.5) is 17.1 Å². The molecule has 0 radical (unpaired) electrons. The Bertz CT molecular complexity index is 1900. The molecule has 51 heavy (non-hydrogen) atoms. The quantitative estimate of drug-likeness (QED) is 0.122. The smallest absolute Gasteiger partial charge is 0.229 e. The first kappa shape index (κ1) is 35.2. The van der Waals surface area contributed by atoms with Crippen LogP contribution in [0.2, 0.25) is 0 Å². The molecule has 0 bridgehead atoms. The molecular formula is C42H44N6O3. The Balaban J connectivity index is 0.891. The average molecular weight is 681 g/mol. The summed E-state index contributed by atoms with van der Waals surface area (Å²) >= 11 is 0. The van der Waals surface area contributed by atoms with Crippen LogP contribution in [0.5, 0.6) is 0 Å². The molecule has 0 atom stereocenters. The zero-order valence-corrected chi connectivity index (χ0v) is 28.9. The molecule has 1 fully saturated rings. The second-order valence-corrected chi connectivity index (χ2v) is 12.9. The van der Waals surface area contributed by atoms with Gasteiger partial charge in [0.15, 0.2) is 0 Å². The summed E-state index contributed by atoms with van der Waals surface area (Å²) in [5, 5.41) is 15.0. The van der Waals surface area contributed by atoms with Gasteiger partial charge < -0.3 is 20.4 Å². The zero-order valence-electron chi connectivity index (χ0n) is 28.9. The number of benzene rings is 4. The molecule has 9 nitrogen and oxygen atoms in total. The Morgan fingerprint density at radius 2 is 1.25 bits per heavy atom. The van der Waals surface area contributed by atoms with Crippen molar-refractivity contribution in [2.75, 3.05) is 37.6 Å². The van der Waals surface area contributed by atoms with E-state index in [1.807, 2.05) is 102 Å². The van der Waals surface area contributed by atoms with Crippen LogP contribution in [-0.2, 0) is 33.8 Å². The number of fused-ring (bicyclic) bond motifs is 2. The molecule has 2 heterocycles. The van der Waals surface area contributed by atoms with Gasteiger partial charge in [0.25, 0.3) is 0 Å². The van der Waals surface area contributed by atoms with Gasteiger partial charge in [0, 0.05) is 63.1 Å². The molecule has 0 aromatic heterocycles. The van der Waals surface area contributed by atoms with E-state index in [9.17, 15) is 14.4 Å². The molecule has 0 unspecified atom stereocenters. The monoisotopic (exact) mass is 680 g/mol. The zero-order chi connectivity index (χ0) is 35.3. The maximum absolute atomic E-state index is 13.4. The highest BCUT2D eigenvalue weighted by atomic mass is 16.2. The topological polar surface area (TPSA) is 106 Å². The molecule has 2 aliphatic heterocycles. The van der Waals surface area contributed by atoms with Crippen LogP contribution in [0.3, 0.4) is 0 Å². The van der Waals surface area contributed by atoms with Gasteiger partial charge in [0.2, 0.25) is 17.7 Å². The fraction of sp³-hybridized carbons (Fsp3) is 0.310. The number of carbonyl (C=O) groups excluding carboxylic acids is 3. The van der Waals surface area contributed by atoms with Crippen molar-refractivity contribution in [3.8, 4) is 11.8 Å². The number of nitrogens with zero attached hydrogens (tertiary/aromatic N) is 4. The Morgan fingerprint density at radius 1 is 0.667 bits per heavy atom. The molecule has 4 aromatic rings. The minimum Gasteiger partial charge on any atom is -0.356 e. The van der Waals surface area contributed by atoms with Crippen molar-refractivity contribution in [3.63, 3.8) is 0 Å². The van der Waals surface area contributed by atoms with E-state index >= 15 is 0 Å². The highest BCUT2D eigenvalue weighted by Crippen LogP contribution is 2.26. The van der Waals surface area contributed by atoms with Gasteiger partial charge in [-0.25, -0.2) is 0 Å². The third-order valence-electron chi connectivity index (χ3n) is 9.18. The number of carbonyl (C=O) groups is 3. The predicted octanol–water partition coefficient (Wildman–Crippen LogP) is 6.63. The molecule has 6 rings (SSSR count). The van der Waals surface area contributed by atoms with Crippen LogP contribution < -0.4 is 15.5 Å². The Hall–Kier alpha value is -5.59. The summed E-state index contributed by atoms with van der Waals surface area (Å²) in [6.07, 6.45) is 4.32. The summed E-state index contributed by atoms with van der Waals surface area (Å²) in [5.41, 5.74) is 7.37. The molecule has 2 aliphatic rings. The number of para-hydroxylation sites is 1. The maximum atomic E-state index is 13.4. The molecule has 260 valence electrons. The average Bonchev–Trinajstić information content (AvgIpc) is 3.16. The van der Waals surface area contributed by atoms with E-state index in [0.29, 0.717) is 25.8 Å². The fourth-order valence-electron chi connectivity index (χ4n) is 6.28. The van der Waals surface area contributed by atoms with Crippen LogP contribution in [0.15, 0.2) is 107 Å². The largest absolute Gasteiger partial charge is 0.356 e. The summed E-state index contributed by atoms with van der Waals surface area (Å²) in [6, 6.07) is 31.5. The number of piperazine rings is 1. The molecule has 2 N–H and O–H groups in total. The second-order valence-electron chi connectivity index (χ2n) is 12.9. The van der Waals surface area contributed by atoms with Gasteiger partial charge in [-0.3, -0.25) is 14.4 Å². The summed E-state index contributed by atoms with van der Waals surface area (Å²) < 4.78 is 0. The minimum absolute atomic E-state index is 0.0541. The lowest BCUT2D eigenvalue weighted by Crippen LogP contribution is -2.46. The van der Waals surface area contributed by atoms with Crippen molar-refractivity contribution < 1.29 is 14.4 Å². The van der Waals surface area contributed by atoms with Gasteiger partial charge in [0.05, 0.1) is 23.6 Å². The first-order valence-electron chi connectivity index (χ1n) is 17.9. The van der Waals surface area contributed by atoms with Gasteiger partial charge in [-0.1, -0.05) is 66.4 Å². The van der Waals surface area contributed by atoms with Crippen LogP contribution in [-0.4, -0.2) is 55.3 Å². The summed E-state index contributed by atoms with van der Waals surface area (Å²) in [5.74, 6) is 6.58. The van der Waals surface area contributed by atoms with Crippen molar-refractivity contribution in [2.45, 2.75) is 51.5 Å². The number of anilines is 1. The summed E-state index contributed by atoms with van der Waals surface area (Å²) in [7, 11) is 0. The van der Waals surface area contributed by atoms with Gasteiger partial charge in [-0.2, -0.15) is 10.2 Å². The highest BCUT2D eigenvalue weighted by molar-refractivity contribution is 5.95. The molecule has 0 spiro atoms. The van der Waals surface area contributed by atoms with Gasteiger partial charge in [-0.15, -0.1) is 0 Å². The maximum Gasteiger partial charge on any atom is 0.229 e. The van der Waals surface area contributed by atoms with E-state index in [4.69, 9.17) is 0 Å². The highest BCUT2D eigenvalue weighted by Gasteiger charge is 2.21. The van der Waals surface area contributed by atoms with Crippen LogP contribution in [0, 0.1) is 11.8 Å². The summed E-state index contributed by atoms with van der Waals surface area (Å²) in [6.45, 7) is 4.08. The molecule has 3 amide bonds. The van der Waals surface area contributed by atoms with Gasteiger partial charge in [-0.05, 0) is 84.8 Å². The van der Waals surface area contributed by atoms with Crippen LogP contribution >= 0.6 is 0 Å². The SMILES string of the molecule is O=C(CCCc1ccc(N=Nc2ccc(CCCC(=O)N3CCNCC3)cc2)cc1)NCCC(=O)N1Cc2ccccc2C#Cc2ccccc21. The summed E-state index contributed by atoms with van der Waals surface area (Å²) in [4.78, 5) is 42.1. The third kappa shape index (κ3) is 10.2. The molecule has 4 aromatic carbocycles. The van der Waals surface area contributed by atoms with Crippen molar-refractivity contribution in [1.82, 2.24) is 15.5 Å². The lowest BCUT2D eigenvalue weighted by Gasteiger charge is -2.27. The Morgan fingerprint density at radius 3 is 1.94 bits per heavy atom. The van der Waals surface area contributed by atoms with Crippen molar-refractivity contribution in [2.24, 2.45) is 10.2 Å². The van der Waals surface area contributed by atoms with Crippen LogP contribution in [0.25, 0.3) is 0 Å². The van der Waals surface area contributed by atoms with E-state index < -0.39 is 0 Å².